The molecule has 2 rings (SSSR count). The lowest BCUT2D eigenvalue weighted by Crippen LogP contribution is -2.12. The molecule has 1 N–H and O–H groups in total. The van der Waals surface area contributed by atoms with Crippen molar-refractivity contribution in [3.05, 3.63) is 54.1 Å². The molecule has 0 aromatic heterocycles. The Kier molecular flexibility index (Phi) is 7.52. The Hall–Kier alpha value is -2.29. The van der Waals surface area contributed by atoms with Crippen molar-refractivity contribution in [2.75, 3.05) is 6.61 Å². The van der Waals surface area contributed by atoms with Crippen LogP contribution in [0.15, 0.2) is 48.5 Å². The molecule has 0 aliphatic rings. The molecule has 0 saturated carbocycles. The van der Waals surface area contributed by atoms with E-state index in [1.807, 2.05) is 24.3 Å². The summed E-state index contributed by atoms with van der Waals surface area (Å²) < 4.78 is 5.44. The summed E-state index contributed by atoms with van der Waals surface area (Å²) in [4.78, 5) is 12.2. The van der Waals surface area contributed by atoms with Gasteiger partial charge in [0, 0.05) is 0 Å². The monoisotopic (exact) mass is 340 g/mol. The maximum Gasteiger partial charge on any atom is 0.338 e. The van der Waals surface area contributed by atoms with Crippen molar-refractivity contribution < 1.29 is 14.6 Å². The molecule has 3 heteroatoms. The molecule has 0 aliphatic carbocycles. The molecule has 0 unspecified atom stereocenters. The number of esters is 1. The lowest BCUT2D eigenvalue weighted by atomic mass is 10.0. The normalized spacial score (nSPS) is 11.9. The summed E-state index contributed by atoms with van der Waals surface area (Å²) in [5, 5.41) is 9.34. The van der Waals surface area contributed by atoms with Gasteiger partial charge in [-0.05, 0) is 47.7 Å². The number of carbonyl (C=O) groups is 1. The Morgan fingerprint density at radius 2 is 1.56 bits per heavy atom. The fourth-order valence-corrected chi connectivity index (χ4v) is 2.76. The third kappa shape index (κ3) is 6.26. The highest BCUT2D eigenvalue weighted by atomic mass is 16.5. The summed E-state index contributed by atoms with van der Waals surface area (Å²) in [6.07, 6.45) is 6.08. The number of carbonyl (C=O) groups excluding carboxylic acids is 1. The van der Waals surface area contributed by atoms with Crippen LogP contribution >= 0.6 is 0 Å². The molecular formula is C22H28O3. The van der Waals surface area contributed by atoms with Gasteiger partial charge in [-0.3, -0.25) is 0 Å². The first-order chi connectivity index (χ1) is 12.1. The topological polar surface area (TPSA) is 46.5 Å². The molecular weight excluding hydrogens is 312 g/mol. The van der Waals surface area contributed by atoms with Crippen molar-refractivity contribution in [1.29, 1.82) is 0 Å². The Balaban J connectivity index is 1.83. The molecule has 2 aromatic carbocycles. The van der Waals surface area contributed by atoms with E-state index < -0.39 is 0 Å². The molecule has 0 saturated heterocycles. The Labute approximate surface area is 150 Å². The highest BCUT2D eigenvalue weighted by Crippen LogP contribution is 2.22. The van der Waals surface area contributed by atoms with Crippen LogP contribution in [0.5, 0.6) is 5.75 Å². The van der Waals surface area contributed by atoms with Gasteiger partial charge in [-0.25, -0.2) is 4.79 Å². The highest BCUT2D eigenvalue weighted by Gasteiger charge is 2.10. The van der Waals surface area contributed by atoms with Crippen LogP contribution in [0.2, 0.25) is 0 Å². The summed E-state index contributed by atoms with van der Waals surface area (Å²) in [5.74, 6) is 0.377. The van der Waals surface area contributed by atoms with Crippen LogP contribution in [0.25, 0.3) is 11.1 Å². The van der Waals surface area contributed by atoms with E-state index in [9.17, 15) is 9.90 Å². The molecule has 25 heavy (non-hydrogen) atoms. The van der Waals surface area contributed by atoms with Crippen molar-refractivity contribution >= 4 is 5.97 Å². The van der Waals surface area contributed by atoms with Crippen LogP contribution in [-0.4, -0.2) is 17.7 Å². The van der Waals surface area contributed by atoms with E-state index in [4.69, 9.17) is 4.74 Å². The van der Waals surface area contributed by atoms with Gasteiger partial charge in [-0.2, -0.15) is 0 Å². The number of phenolic OH excluding ortho intramolecular Hbond substituents is 1. The smallest absolute Gasteiger partial charge is 0.338 e. The molecule has 0 bridgehead atoms. The second kappa shape index (κ2) is 9.87. The first-order valence-electron chi connectivity index (χ1n) is 9.16. The number of unbranched alkanes of at least 4 members (excludes halogenated alkanes) is 3. The number of hydrogen-bond donors (Lipinski definition) is 1. The van der Waals surface area contributed by atoms with E-state index in [1.165, 1.54) is 25.7 Å². The minimum Gasteiger partial charge on any atom is -0.508 e. The van der Waals surface area contributed by atoms with Crippen LogP contribution in [0, 0.1) is 5.92 Å². The lowest BCUT2D eigenvalue weighted by molar-refractivity contribution is 0.0442. The maximum atomic E-state index is 12.2. The van der Waals surface area contributed by atoms with Gasteiger partial charge in [0.2, 0.25) is 0 Å². The average Bonchev–Trinajstić information content (AvgIpc) is 2.64. The van der Waals surface area contributed by atoms with Gasteiger partial charge < -0.3 is 9.84 Å². The quantitative estimate of drug-likeness (QED) is 0.462. The molecule has 0 aliphatic heterocycles. The first kappa shape index (κ1) is 19.0. The number of aromatic hydroxyl groups is 1. The largest absolute Gasteiger partial charge is 0.508 e. The van der Waals surface area contributed by atoms with Crippen LogP contribution in [0.1, 0.15) is 56.3 Å². The van der Waals surface area contributed by atoms with Gasteiger partial charge in [0.25, 0.3) is 0 Å². The van der Waals surface area contributed by atoms with E-state index in [0.717, 1.165) is 17.5 Å². The van der Waals surface area contributed by atoms with Gasteiger partial charge in [0.1, 0.15) is 5.75 Å². The van der Waals surface area contributed by atoms with Crippen molar-refractivity contribution in [1.82, 2.24) is 0 Å². The van der Waals surface area contributed by atoms with Gasteiger partial charge >= 0.3 is 5.97 Å². The molecule has 0 spiro atoms. The highest BCUT2D eigenvalue weighted by molar-refractivity contribution is 5.90. The molecule has 2 aromatic rings. The van der Waals surface area contributed by atoms with Crippen LogP contribution in [0.3, 0.4) is 0 Å². The zero-order valence-electron chi connectivity index (χ0n) is 15.2. The van der Waals surface area contributed by atoms with E-state index in [0.29, 0.717) is 18.1 Å². The molecule has 0 fully saturated rings. The minimum atomic E-state index is -0.266. The van der Waals surface area contributed by atoms with Gasteiger partial charge in [-0.1, -0.05) is 63.8 Å². The minimum absolute atomic E-state index is 0.243. The number of ether oxygens (including phenoxy) is 1. The maximum absolute atomic E-state index is 12.2. The fraction of sp³-hybridized carbons (Fsp3) is 0.409. The summed E-state index contributed by atoms with van der Waals surface area (Å²) in [7, 11) is 0. The van der Waals surface area contributed by atoms with Crippen molar-refractivity contribution in [2.24, 2.45) is 5.92 Å². The number of phenols is 1. The third-order valence-corrected chi connectivity index (χ3v) is 4.37. The average molecular weight is 340 g/mol. The molecule has 134 valence electrons. The van der Waals surface area contributed by atoms with Gasteiger partial charge in [0.15, 0.2) is 0 Å². The Morgan fingerprint density at radius 1 is 0.960 bits per heavy atom. The third-order valence-electron chi connectivity index (χ3n) is 4.37. The SMILES string of the molecule is CCCCCC[C@H](C)COC(=O)c1ccc(-c2ccc(O)cc2)cc1. The van der Waals surface area contributed by atoms with E-state index in [2.05, 4.69) is 13.8 Å². The van der Waals surface area contributed by atoms with E-state index in [1.54, 1.807) is 24.3 Å². The molecule has 0 heterocycles. The summed E-state index contributed by atoms with van der Waals surface area (Å²) >= 11 is 0. The van der Waals surface area contributed by atoms with Gasteiger partial charge in [0.05, 0.1) is 12.2 Å². The Morgan fingerprint density at radius 3 is 2.16 bits per heavy atom. The van der Waals surface area contributed by atoms with Crippen molar-refractivity contribution in [3.63, 3.8) is 0 Å². The molecule has 0 radical (unpaired) electrons. The van der Waals surface area contributed by atoms with Crippen LogP contribution < -0.4 is 0 Å². The van der Waals surface area contributed by atoms with Crippen molar-refractivity contribution in [2.45, 2.75) is 46.0 Å². The summed E-state index contributed by atoms with van der Waals surface area (Å²) in [6.45, 7) is 4.82. The lowest BCUT2D eigenvalue weighted by Gasteiger charge is -2.12. The van der Waals surface area contributed by atoms with Crippen LogP contribution in [-0.2, 0) is 4.74 Å². The van der Waals surface area contributed by atoms with Crippen LogP contribution in [0.4, 0.5) is 0 Å². The van der Waals surface area contributed by atoms with E-state index >= 15 is 0 Å². The zero-order chi connectivity index (χ0) is 18.1. The molecule has 0 amide bonds. The number of hydrogen-bond acceptors (Lipinski definition) is 3. The first-order valence-corrected chi connectivity index (χ1v) is 9.16. The predicted octanol–water partition coefficient (Wildman–Crippen LogP) is 5.82. The summed E-state index contributed by atoms with van der Waals surface area (Å²) in [5.41, 5.74) is 2.57. The molecule has 1 atom stereocenters. The molecule has 3 nitrogen and oxygen atoms in total. The second-order valence-corrected chi connectivity index (χ2v) is 6.68. The fourth-order valence-electron chi connectivity index (χ4n) is 2.76. The zero-order valence-corrected chi connectivity index (χ0v) is 15.2. The van der Waals surface area contributed by atoms with Gasteiger partial charge in [-0.15, -0.1) is 0 Å². The predicted molar refractivity (Wildman–Crippen MR) is 102 cm³/mol. The summed E-state index contributed by atoms with van der Waals surface area (Å²) in [6, 6.07) is 14.4. The number of benzene rings is 2. The van der Waals surface area contributed by atoms with Crippen molar-refractivity contribution in [3.8, 4) is 16.9 Å². The standard InChI is InChI=1S/C22H28O3/c1-3-4-5-6-7-17(2)16-25-22(24)20-10-8-18(9-11-20)19-12-14-21(23)15-13-19/h8-15,17,23H,3-7,16H2,1-2H3/t17-/m0/s1. The number of rotatable bonds is 9. The second-order valence-electron chi connectivity index (χ2n) is 6.68. The Bertz CT molecular complexity index is 644. The van der Waals surface area contributed by atoms with E-state index in [-0.39, 0.29) is 11.7 Å².